The van der Waals surface area contributed by atoms with Crippen LogP contribution in [0.15, 0.2) is 30.3 Å². The zero-order valence-electron chi connectivity index (χ0n) is 11.2. The molecule has 0 aromatic heterocycles. The average Bonchev–Trinajstić information content (AvgIpc) is 2.51. The van der Waals surface area contributed by atoms with Crippen molar-refractivity contribution < 1.29 is 24.1 Å². The predicted octanol–water partition coefficient (Wildman–Crippen LogP) is 0.160. The highest BCUT2D eigenvalue weighted by Gasteiger charge is 2.48. The Labute approximate surface area is 117 Å². The normalized spacial score (nSPS) is 41.1. The van der Waals surface area contributed by atoms with Gasteiger partial charge in [0.05, 0.1) is 12.6 Å². The molecule has 6 heteroatoms. The molecule has 3 N–H and O–H groups in total. The molecule has 0 saturated carbocycles. The maximum atomic E-state index is 10.0. The highest BCUT2D eigenvalue weighted by Crippen LogP contribution is 2.33. The number of aliphatic hydroxyl groups is 1. The number of ether oxygens (including phenoxy) is 4. The summed E-state index contributed by atoms with van der Waals surface area (Å²) in [7, 11) is 1.47. The minimum absolute atomic E-state index is 0.335. The SMILES string of the molecule is CO[C@H]1O[C@H]2CO[C@H](c3ccccc3)O[C@@H]2[C@@H](N)[C@@H]1O. The minimum atomic E-state index is -0.921. The first kappa shape index (κ1) is 13.9. The van der Waals surface area contributed by atoms with E-state index in [4.69, 9.17) is 24.7 Å². The molecule has 1 aromatic rings. The molecule has 0 unspecified atom stereocenters. The van der Waals surface area contributed by atoms with Crippen molar-refractivity contribution in [2.24, 2.45) is 5.73 Å². The summed E-state index contributed by atoms with van der Waals surface area (Å²) in [6, 6.07) is 9.04. The lowest BCUT2D eigenvalue weighted by Gasteiger charge is -2.46. The fourth-order valence-electron chi connectivity index (χ4n) is 2.61. The van der Waals surface area contributed by atoms with E-state index < -0.39 is 30.8 Å². The molecule has 0 aliphatic carbocycles. The summed E-state index contributed by atoms with van der Waals surface area (Å²) < 4.78 is 22.2. The van der Waals surface area contributed by atoms with Gasteiger partial charge in [0, 0.05) is 12.7 Å². The van der Waals surface area contributed by atoms with Gasteiger partial charge in [-0.1, -0.05) is 30.3 Å². The third-order valence-electron chi connectivity index (χ3n) is 3.72. The molecule has 2 aliphatic rings. The Morgan fingerprint density at radius 2 is 2.00 bits per heavy atom. The second-order valence-electron chi connectivity index (χ2n) is 5.02. The van der Waals surface area contributed by atoms with E-state index in [0.29, 0.717) is 6.61 Å². The number of nitrogens with two attached hydrogens (primary N) is 1. The van der Waals surface area contributed by atoms with Crippen molar-refractivity contribution in [1.29, 1.82) is 0 Å². The van der Waals surface area contributed by atoms with Crippen LogP contribution in [0.3, 0.4) is 0 Å². The van der Waals surface area contributed by atoms with Crippen LogP contribution in [0, 0.1) is 0 Å². The Balaban J connectivity index is 1.74. The van der Waals surface area contributed by atoms with Gasteiger partial charge in [-0.05, 0) is 0 Å². The molecule has 20 heavy (non-hydrogen) atoms. The minimum Gasteiger partial charge on any atom is -0.386 e. The van der Waals surface area contributed by atoms with Gasteiger partial charge in [0.25, 0.3) is 0 Å². The zero-order chi connectivity index (χ0) is 14.1. The van der Waals surface area contributed by atoms with E-state index in [2.05, 4.69) is 0 Å². The van der Waals surface area contributed by atoms with Gasteiger partial charge < -0.3 is 29.8 Å². The lowest BCUT2D eigenvalue weighted by atomic mass is 9.96. The highest BCUT2D eigenvalue weighted by atomic mass is 16.7. The summed E-state index contributed by atoms with van der Waals surface area (Å²) in [5.74, 6) is 0. The van der Waals surface area contributed by atoms with Crippen molar-refractivity contribution in [2.75, 3.05) is 13.7 Å². The third-order valence-corrected chi connectivity index (χ3v) is 3.72. The topological polar surface area (TPSA) is 83.2 Å². The first-order chi connectivity index (χ1) is 9.70. The Kier molecular flexibility index (Phi) is 4.02. The number of rotatable bonds is 2. The van der Waals surface area contributed by atoms with Crippen LogP contribution >= 0.6 is 0 Å². The van der Waals surface area contributed by atoms with Crippen molar-refractivity contribution >= 4 is 0 Å². The Bertz CT molecular complexity index is 440. The zero-order valence-corrected chi connectivity index (χ0v) is 11.2. The molecule has 6 atom stereocenters. The predicted molar refractivity (Wildman–Crippen MR) is 69.7 cm³/mol. The van der Waals surface area contributed by atoms with Gasteiger partial charge in [0.1, 0.15) is 18.3 Å². The van der Waals surface area contributed by atoms with Crippen molar-refractivity contribution in [3.63, 3.8) is 0 Å². The molecular formula is C14H19NO5. The summed E-state index contributed by atoms with van der Waals surface area (Å²) in [5.41, 5.74) is 6.97. The van der Waals surface area contributed by atoms with Crippen LogP contribution in [0.4, 0.5) is 0 Å². The van der Waals surface area contributed by atoms with E-state index >= 15 is 0 Å². The Morgan fingerprint density at radius 1 is 1.25 bits per heavy atom. The lowest BCUT2D eigenvalue weighted by Crippen LogP contribution is -2.65. The summed E-state index contributed by atoms with van der Waals surface area (Å²) in [4.78, 5) is 0. The second-order valence-corrected chi connectivity index (χ2v) is 5.02. The van der Waals surface area contributed by atoms with Gasteiger partial charge in [0.15, 0.2) is 12.6 Å². The van der Waals surface area contributed by atoms with Crippen LogP contribution in [0.5, 0.6) is 0 Å². The smallest absolute Gasteiger partial charge is 0.185 e. The van der Waals surface area contributed by atoms with Gasteiger partial charge >= 0.3 is 0 Å². The number of methoxy groups -OCH3 is 1. The van der Waals surface area contributed by atoms with Crippen LogP contribution in [0.25, 0.3) is 0 Å². The van der Waals surface area contributed by atoms with E-state index in [1.165, 1.54) is 7.11 Å². The largest absolute Gasteiger partial charge is 0.386 e. The molecule has 0 radical (unpaired) electrons. The number of hydrogen-bond donors (Lipinski definition) is 2. The first-order valence-electron chi connectivity index (χ1n) is 6.64. The van der Waals surface area contributed by atoms with Gasteiger partial charge in [-0.2, -0.15) is 0 Å². The Hall–Kier alpha value is -1.02. The van der Waals surface area contributed by atoms with Gasteiger partial charge in [-0.25, -0.2) is 0 Å². The first-order valence-corrected chi connectivity index (χ1v) is 6.64. The fraction of sp³-hybridized carbons (Fsp3) is 0.571. The van der Waals surface area contributed by atoms with E-state index in [1.807, 2.05) is 30.3 Å². The van der Waals surface area contributed by atoms with E-state index in [-0.39, 0.29) is 6.10 Å². The number of hydrogen-bond acceptors (Lipinski definition) is 6. The standard InChI is InChI=1S/C14H19NO5/c1-17-14-11(16)10(15)12-9(19-14)7-18-13(20-12)8-5-3-2-4-6-8/h2-6,9-14,16H,7,15H2,1H3/t9-,10-,11-,12-,13-,14-/m0/s1. The van der Waals surface area contributed by atoms with E-state index in [1.54, 1.807) is 0 Å². The molecule has 3 rings (SSSR count). The molecule has 0 spiro atoms. The molecule has 2 fully saturated rings. The third kappa shape index (κ3) is 2.46. The van der Waals surface area contributed by atoms with E-state index in [0.717, 1.165) is 5.56 Å². The molecule has 0 bridgehead atoms. The second kappa shape index (κ2) is 5.77. The van der Waals surface area contributed by atoms with Gasteiger partial charge in [0.2, 0.25) is 0 Å². The molecule has 2 aliphatic heterocycles. The monoisotopic (exact) mass is 281 g/mol. The molecule has 2 heterocycles. The lowest BCUT2D eigenvalue weighted by molar-refractivity contribution is -0.338. The van der Waals surface area contributed by atoms with E-state index in [9.17, 15) is 5.11 Å². The molecule has 110 valence electrons. The van der Waals surface area contributed by atoms with Gasteiger partial charge in [-0.15, -0.1) is 0 Å². The van der Waals surface area contributed by atoms with Crippen molar-refractivity contribution in [1.82, 2.24) is 0 Å². The van der Waals surface area contributed by atoms with Crippen molar-refractivity contribution in [2.45, 2.75) is 36.9 Å². The Morgan fingerprint density at radius 3 is 2.70 bits per heavy atom. The quantitative estimate of drug-likeness (QED) is 0.803. The number of fused-ring (bicyclic) bond motifs is 1. The maximum Gasteiger partial charge on any atom is 0.185 e. The highest BCUT2D eigenvalue weighted by molar-refractivity contribution is 5.16. The number of aliphatic hydroxyl groups excluding tert-OH is 1. The van der Waals surface area contributed by atoms with Crippen molar-refractivity contribution in [3.05, 3.63) is 35.9 Å². The summed E-state index contributed by atoms with van der Waals surface area (Å²) >= 11 is 0. The average molecular weight is 281 g/mol. The van der Waals surface area contributed by atoms with Gasteiger partial charge in [-0.3, -0.25) is 0 Å². The molecule has 2 saturated heterocycles. The van der Waals surface area contributed by atoms with Crippen LogP contribution in [0.1, 0.15) is 11.9 Å². The number of benzene rings is 1. The fourth-order valence-corrected chi connectivity index (χ4v) is 2.61. The maximum absolute atomic E-state index is 10.0. The summed E-state index contributed by atoms with van der Waals surface area (Å²) in [5, 5.41) is 10.0. The molecule has 0 amide bonds. The van der Waals surface area contributed by atoms with Crippen LogP contribution in [-0.4, -0.2) is 49.5 Å². The molecule has 6 nitrogen and oxygen atoms in total. The van der Waals surface area contributed by atoms with Crippen LogP contribution < -0.4 is 5.73 Å². The molecular weight excluding hydrogens is 262 g/mol. The summed E-state index contributed by atoms with van der Waals surface area (Å²) in [6.45, 7) is 0.352. The molecule has 1 aromatic carbocycles. The van der Waals surface area contributed by atoms with Crippen molar-refractivity contribution in [3.8, 4) is 0 Å². The summed E-state index contributed by atoms with van der Waals surface area (Å²) in [6.07, 6.45) is -2.91. The van der Waals surface area contributed by atoms with Crippen LogP contribution in [0.2, 0.25) is 0 Å². The van der Waals surface area contributed by atoms with Crippen LogP contribution in [-0.2, 0) is 18.9 Å².